The van der Waals surface area contributed by atoms with E-state index in [1.807, 2.05) is 13.0 Å². The van der Waals surface area contributed by atoms with E-state index >= 15 is 0 Å². The molecule has 1 amide bonds. The lowest BCUT2D eigenvalue weighted by atomic mass is 10.1. The molecule has 21 heavy (non-hydrogen) atoms. The van der Waals surface area contributed by atoms with Crippen LogP contribution >= 0.6 is 0 Å². The largest absolute Gasteiger partial charge is 0.494 e. The van der Waals surface area contributed by atoms with Gasteiger partial charge in [0.15, 0.2) is 6.10 Å². The number of hydrogen-bond donors (Lipinski definition) is 1. The van der Waals surface area contributed by atoms with Gasteiger partial charge in [-0.2, -0.15) is 0 Å². The predicted octanol–water partition coefficient (Wildman–Crippen LogP) is 2.78. The molecule has 1 unspecified atom stereocenters. The highest BCUT2D eigenvalue weighted by molar-refractivity contribution is 5.96. The summed E-state index contributed by atoms with van der Waals surface area (Å²) in [4.78, 5) is 13.7. The molecule has 0 saturated heterocycles. The lowest BCUT2D eigenvalue weighted by Crippen LogP contribution is -2.31. The zero-order chi connectivity index (χ0) is 15.2. The van der Waals surface area contributed by atoms with Gasteiger partial charge in [-0.25, -0.2) is 0 Å². The quantitative estimate of drug-likeness (QED) is 0.919. The molecule has 0 aromatic heterocycles. The van der Waals surface area contributed by atoms with Crippen molar-refractivity contribution in [3.63, 3.8) is 0 Å². The molecule has 0 aliphatic carbocycles. The number of likely N-dealkylation sites (N-methyl/N-ethyl adjacent to an activating group) is 1. The van der Waals surface area contributed by atoms with Gasteiger partial charge in [0.1, 0.15) is 5.75 Å². The number of nitrogens with zero attached hydrogens (tertiary/aromatic N) is 1. The molecule has 0 saturated carbocycles. The predicted molar refractivity (Wildman–Crippen MR) is 82.4 cm³/mol. The second kappa shape index (κ2) is 6.90. The lowest BCUT2D eigenvalue weighted by Gasteiger charge is -2.21. The summed E-state index contributed by atoms with van der Waals surface area (Å²) in [6.45, 7) is 2.51. The fourth-order valence-electron chi connectivity index (χ4n) is 2.02. The van der Waals surface area contributed by atoms with Crippen LogP contribution in [0.25, 0.3) is 0 Å². The van der Waals surface area contributed by atoms with Crippen molar-refractivity contribution in [3.8, 4) is 5.75 Å². The van der Waals surface area contributed by atoms with Crippen LogP contribution in [0.2, 0.25) is 0 Å². The summed E-state index contributed by atoms with van der Waals surface area (Å²) in [5.41, 5.74) is 1.29. The molecule has 4 heteroatoms. The van der Waals surface area contributed by atoms with Gasteiger partial charge in [0.05, 0.1) is 6.61 Å². The molecule has 2 aromatic carbocycles. The van der Waals surface area contributed by atoms with Crippen molar-refractivity contribution in [2.24, 2.45) is 0 Å². The van der Waals surface area contributed by atoms with Crippen molar-refractivity contribution >= 4 is 11.6 Å². The minimum absolute atomic E-state index is 0.370. The van der Waals surface area contributed by atoms with Crippen molar-refractivity contribution in [1.82, 2.24) is 0 Å². The standard InChI is InChI=1S/C17H19NO3/c1-3-21-15-11-9-14(10-12-15)18(2)17(20)16(19)13-7-5-4-6-8-13/h4-12,16,19H,3H2,1-2H3. The first-order chi connectivity index (χ1) is 10.1. The summed E-state index contributed by atoms with van der Waals surface area (Å²) in [6, 6.07) is 16.1. The van der Waals surface area contributed by atoms with Gasteiger partial charge in [0.25, 0.3) is 5.91 Å². The van der Waals surface area contributed by atoms with Crippen molar-refractivity contribution in [1.29, 1.82) is 0 Å². The Hall–Kier alpha value is -2.33. The Bertz CT molecular complexity index is 581. The van der Waals surface area contributed by atoms with Gasteiger partial charge in [-0.3, -0.25) is 4.79 Å². The summed E-state index contributed by atoms with van der Waals surface area (Å²) in [5, 5.41) is 10.1. The van der Waals surface area contributed by atoms with Gasteiger partial charge in [-0.1, -0.05) is 30.3 Å². The molecule has 0 bridgehead atoms. The van der Waals surface area contributed by atoms with Gasteiger partial charge in [0.2, 0.25) is 0 Å². The van der Waals surface area contributed by atoms with Crippen LogP contribution in [0.4, 0.5) is 5.69 Å². The number of benzene rings is 2. The number of aliphatic hydroxyl groups excluding tert-OH is 1. The Morgan fingerprint density at radius 2 is 1.76 bits per heavy atom. The number of aliphatic hydroxyl groups is 1. The molecule has 1 atom stereocenters. The third kappa shape index (κ3) is 3.61. The zero-order valence-electron chi connectivity index (χ0n) is 12.2. The van der Waals surface area contributed by atoms with Crippen molar-refractivity contribution in [2.45, 2.75) is 13.0 Å². The smallest absolute Gasteiger partial charge is 0.260 e. The molecule has 1 N–H and O–H groups in total. The SMILES string of the molecule is CCOc1ccc(N(C)C(=O)C(O)c2ccccc2)cc1. The second-order valence-corrected chi connectivity index (χ2v) is 4.64. The minimum atomic E-state index is -1.16. The maximum atomic E-state index is 12.3. The number of ether oxygens (including phenoxy) is 1. The number of anilines is 1. The van der Waals surface area contributed by atoms with E-state index in [1.165, 1.54) is 4.90 Å². The van der Waals surface area contributed by atoms with Crippen LogP contribution in [0, 0.1) is 0 Å². The van der Waals surface area contributed by atoms with Crippen LogP contribution in [0.3, 0.4) is 0 Å². The van der Waals surface area contributed by atoms with E-state index in [-0.39, 0.29) is 5.91 Å². The van der Waals surface area contributed by atoms with Crippen molar-refractivity contribution < 1.29 is 14.6 Å². The van der Waals surface area contributed by atoms with E-state index in [1.54, 1.807) is 55.6 Å². The van der Waals surface area contributed by atoms with Gasteiger partial charge < -0.3 is 14.7 Å². The third-order valence-electron chi connectivity index (χ3n) is 3.21. The van der Waals surface area contributed by atoms with Crippen LogP contribution in [0.1, 0.15) is 18.6 Å². The first kappa shape index (κ1) is 15.1. The average Bonchev–Trinajstić information content (AvgIpc) is 2.54. The highest BCUT2D eigenvalue weighted by Gasteiger charge is 2.22. The molecule has 0 aliphatic heterocycles. The number of rotatable bonds is 5. The first-order valence-electron chi connectivity index (χ1n) is 6.87. The Balaban J connectivity index is 2.11. The average molecular weight is 285 g/mol. The van der Waals surface area contributed by atoms with E-state index in [0.717, 1.165) is 5.75 Å². The molecular weight excluding hydrogens is 266 g/mol. The Morgan fingerprint density at radius 3 is 2.33 bits per heavy atom. The van der Waals surface area contributed by atoms with Crippen LogP contribution in [0.5, 0.6) is 5.75 Å². The van der Waals surface area contributed by atoms with Gasteiger partial charge >= 0.3 is 0 Å². The minimum Gasteiger partial charge on any atom is -0.494 e. The molecule has 0 aliphatic rings. The highest BCUT2D eigenvalue weighted by atomic mass is 16.5. The topological polar surface area (TPSA) is 49.8 Å². The third-order valence-corrected chi connectivity index (χ3v) is 3.21. The Kier molecular flexibility index (Phi) is 4.95. The van der Waals surface area contributed by atoms with E-state index in [0.29, 0.717) is 17.9 Å². The van der Waals surface area contributed by atoms with Crippen LogP contribution in [-0.4, -0.2) is 24.7 Å². The number of amides is 1. The molecule has 0 fully saturated rings. The summed E-state index contributed by atoms with van der Waals surface area (Å²) < 4.78 is 5.37. The van der Waals surface area contributed by atoms with E-state index in [2.05, 4.69) is 0 Å². The lowest BCUT2D eigenvalue weighted by molar-refractivity contribution is -0.126. The van der Waals surface area contributed by atoms with Crippen molar-refractivity contribution in [3.05, 3.63) is 60.2 Å². The molecular formula is C17H19NO3. The summed E-state index contributed by atoms with van der Waals surface area (Å²) in [7, 11) is 1.64. The molecule has 110 valence electrons. The number of hydrogen-bond acceptors (Lipinski definition) is 3. The summed E-state index contributed by atoms with van der Waals surface area (Å²) >= 11 is 0. The Labute approximate surface area is 124 Å². The van der Waals surface area contributed by atoms with E-state index < -0.39 is 6.10 Å². The first-order valence-corrected chi connectivity index (χ1v) is 6.87. The normalized spacial score (nSPS) is 11.8. The van der Waals surface area contributed by atoms with Crippen LogP contribution in [-0.2, 0) is 4.79 Å². The van der Waals surface area contributed by atoms with Gasteiger partial charge in [-0.15, -0.1) is 0 Å². The van der Waals surface area contributed by atoms with Crippen LogP contribution < -0.4 is 9.64 Å². The molecule has 2 aromatic rings. The fraction of sp³-hybridized carbons (Fsp3) is 0.235. The zero-order valence-corrected chi connectivity index (χ0v) is 12.2. The molecule has 4 nitrogen and oxygen atoms in total. The summed E-state index contributed by atoms with van der Waals surface area (Å²) in [6.07, 6.45) is -1.16. The maximum absolute atomic E-state index is 12.3. The van der Waals surface area contributed by atoms with Crippen LogP contribution in [0.15, 0.2) is 54.6 Å². The van der Waals surface area contributed by atoms with Gasteiger partial charge in [0, 0.05) is 12.7 Å². The second-order valence-electron chi connectivity index (χ2n) is 4.64. The Morgan fingerprint density at radius 1 is 1.14 bits per heavy atom. The van der Waals surface area contributed by atoms with Crippen molar-refractivity contribution in [2.75, 3.05) is 18.6 Å². The van der Waals surface area contributed by atoms with E-state index in [9.17, 15) is 9.90 Å². The van der Waals surface area contributed by atoms with Gasteiger partial charge in [-0.05, 0) is 36.8 Å². The molecule has 0 spiro atoms. The number of carbonyl (C=O) groups excluding carboxylic acids is 1. The maximum Gasteiger partial charge on any atom is 0.260 e. The monoisotopic (exact) mass is 285 g/mol. The molecule has 0 radical (unpaired) electrons. The molecule has 0 heterocycles. The fourth-order valence-corrected chi connectivity index (χ4v) is 2.02. The molecule has 2 rings (SSSR count). The highest BCUT2D eigenvalue weighted by Crippen LogP contribution is 2.22. The van der Waals surface area contributed by atoms with E-state index in [4.69, 9.17) is 4.74 Å². The summed E-state index contributed by atoms with van der Waals surface area (Å²) in [5.74, 6) is 0.385. The number of carbonyl (C=O) groups is 1.